The topological polar surface area (TPSA) is 20.3 Å². The van der Waals surface area contributed by atoms with E-state index in [-0.39, 0.29) is 18.6 Å². The highest BCUT2D eigenvalue weighted by Gasteiger charge is 2.33. The Bertz CT molecular complexity index is 418. The number of carbonyl (C=O) groups excluding carboxylic acids is 1. The first kappa shape index (κ1) is 13.1. The van der Waals surface area contributed by atoms with Crippen LogP contribution < -0.4 is 0 Å². The average molecular weight is 253 g/mol. The number of ketones is 1. The molecule has 0 aromatic heterocycles. The molecule has 1 heterocycles. The van der Waals surface area contributed by atoms with Crippen LogP contribution in [0, 0.1) is 0 Å². The van der Waals surface area contributed by atoms with Crippen LogP contribution in [0.5, 0.6) is 0 Å². The summed E-state index contributed by atoms with van der Waals surface area (Å²) in [5.74, 6) is -2.45. The first-order valence-corrected chi connectivity index (χ1v) is 6.16. The Morgan fingerprint density at radius 2 is 1.78 bits per heavy atom. The summed E-state index contributed by atoms with van der Waals surface area (Å²) in [5, 5.41) is 0. The van der Waals surface area contributed by atoms with Crippen molar-refractivity contribution < 1.29 is 13.6 Å². The molecule has 0 N–H and O–H groups in total. The second-order valence-corrected chi connectivity index (χ2v) is 4.89. The molecular weight excluding hydrogens is 236 g/mol. The lowest BCUT2D eigenvalue weighted by atomic mass is 10.0. The van der Waals surface area contributed by atoms with E-state index in [2.05, 4.69) is 0 Å². The number of nitrogens with zero attached hydrogens (tertiary/aromatic N) is 1. The summed E-state index contributed by atoms with van der Waals surface area (Å²) in [6, 6.07) is 7.36. The van der Waals surface area contributed by atoms with Gasteiger partial charge < -0.3 is 0 Å². The summed E-state index contributed by atoms with van der Waals surface area (Å²) in [6.07, 6.45) is -0.114. The molecule has 0 radical (unpaired) electrons. The van der Waals surface area contributed by atoms with Gasteiger partial charge in [-0.05, 0) is 12.5 Å². The van der Waals surface area contributed by atoms with Gasteiger partial charge in [-0.1, -0.05) is 24.3 Å². The van der Waals surface area contributed by atoms with Gasteiger partial charge in [0.05, 0.1) is 0 Å². The number of hydrogen-bond acceptors (Lipinski definition) is 2. The molecule has 1 aromatic carbocycles. The number of alkyl halides is 2. The summed E-state index contributed by atoms with van der Waals surface area (Å²) in [6.45, 7) is 3.07. The number of likely N-dealkylation sites (tertiary alicyclic amines) is 1. The highest BCUT2D eigenvalue weighted by atomic mass is 19.3. The van der Waals surface area contributed by atoms with E-state index in [1.165, 1.54) is 6.92 Å². The van der Waals surface area contributed by atoms with Gasteiger partial charge in [0.15, 0.2) is 5.78 Å². The van der Waals surface area contributed by atoms with Gasteiger partial charge in [0, 0.05) is 38.0 Å². The number of benzene rings is 1. The van der Waals surface area contributed by atoms with Gasteiger partial charge in [-0.15, -0.1) is 0 Å². The maximum Gasteiger partial charge on any atom is 0.250 e. The normalized spacial score (nSPS) is 19.7. The van der Waals surface area contributed by atoms with Gasteiger partial charge in [0.2, 0.25) is 0 Å². The second kappa shape index (κ2) is 5.14. The fourth-order valence-electron chi connectivity index (χ4n) is 2.14. The van der Waals surface area contributed by atoms with Crippen molar-refractivity contribution in [1.82, 2.24) is 4.90 Å². The molecule has 4 heteroatoms. The number of halogens is 2. The van der Waals surface area contributed by atoms with Crippen molar-refractivity contribution in [2.45, 2.75) is 32.2 Å². The highest BCUT2D eigenvalue weighted by Crippen LogP contribution is 2.28. The molecule has 1 aromatic rings. The lowest BCUT2D eigenvalue weighted by Crippen LogP contribution is -2.38. The molecule has 98 valence electrons. The summed E-state index contributed by atoms with van der Waals surface area (Å²) < 4.78 is 26.0. The predicted molar refractivity (Wildman–Crippen MR) is 65.9 cm³/mol. The SMILES string of the molecule is CC(=O)c1ccc(CN2CCC(F)(F)CC2)cc1. The molecule has 1 aliphatic rings. The third-order valence-electron chi connectivity index (χ3n) is 3.35. The van der Waals surface area contributed by atoms with Crippen LogP contribution in [0.2, 0.25) is 0 Å². The number of Topliss-reactive ketones (excluding diaryl/α,β-unsaturated/α-hetero) is 1. The van der Waals surface area contributed by atoms with Crippen molar-refractivity contribution in [2.75, 3.05) is 13.1 Å². The van der Waals surface area contributed by atoms with Crippen LogP contribution in [-0.4, -0.2) is 29.7 Å². The molecular formula is C14H17F2NO. The third-order valence-corrected chi connectivity index (χ3v) is 3.35. The molecule has 0 unspecified atom stereocenters. The Balaban J connectivity index is 1.92. The van der Waals surface area contributed by atoms with E-state index in [0.29, 0.717) is 25.2 Å². The molecule has 2 nitrogen and oxygen atoms in total. The zero-order valence-corrected chi connectivity index (χ0v) is 10.5. The van der Waals surface area contributed by atoms with Gasteiger partial charge >= 0.3 is 0 Å². The fourth-order valence-corrected chi connectivity index (χ4v) is 2.14. The van der Waals surface area contributed by atoms with Crippen molar-refractivity contribution >= 4 is 5.78 Å². The fraction of sp³-hybridized carbons (Fsp3) is 0.500. The van der Waals surface area contributed by atoms with Crippen LogP contribution in [0.3, 0.4) is 0 Å². The van der Waals surface area contributed by atoms with E-state index in [4.69, 9.17) is 0 Å². The summed E-state index contributed by atoms with van der Waals surface area (Å²) in [7, 11) is 0. The number of piperidine rings is 1. The largest absolute Gasteiger partial charge is 0.299 e. The van der Waals surface area contributed by atoms with Crippen LogP contribution in [0.25, 0.3) is 0 Å². The van der Waals surface area contributed by atoms with E-state index in [0.717, 1.165) is 5.56 Å². The molecule has 2 rings (SSSR count). The lowest BCUT2D eigenvalue weighted by Gasteiger charge is -2.31. The van der Waals surface area contributed by atoms with Crippen LogP contribution in [-0.2, 0) is 6.54 Å². The minimum absolute atomic E-state index is 0.0409. The molecule has 0 amide bonds. The van der Waals surface area contributed by atoms with E-state index in [9.17, 15) is 13.6 Å². The van der Waals surface area contributed by atoms with Gasteiger partial charge in [0.1, 0.15) is 0 Å². The highest BCUT2D eigenvalue weighted by molar-refractivity contribution is 5.93. The minimum atomic E-state index is -2.49. The maximum absolute atomic E-state index is 13.0. The second-order valence-electron chi connectivity index (χ2n) is 4.89. The smallest absolute Gasteiger partial charge is 0.250 e. The molecule has 0 spiro atoms. The van der Waals surface area contributed by atoms with Crippen molar-refractivity contribution in [3.8, 4) is 0 Å². The number of rotatable bonds is 3. The standard InChI is InChI=1S/C14H17F2NO/c1-11(18)13-4-2-12(3-5-13)10-17-8-6-14(15,16)7-9-17/h2-5H,6-10H2,1H3. The summed E-state index contributed by atoms with van der Waals surface area (Å²) in [4.78, 5) is 13.2. The molecule has 0 saturated carbocycles. The van der Waals surface area contributed by atoms with Crippen molar-refractivity contribution in [3.05, 3.63) is 35.4 Å². The summed E-state index contributed by atoms with van der Waals surface area (Å²) >= 11 is 0. The molecule has 0 aliphatic carbocycles. The first-order valence-electron chi connectivity index (χ1n) is 6.16. The minimum Gasteiger partial charge on any atom is -0.299 e. The molecule has 18 heavy (non-hydrogen) atoms. The molecule has 1 saturated heterocycles. The van der Waals surface area contributed by atoms with Crippen molar-refractivity contribution in [1.29, 1.82) is 0 Å². The maximum atomic E-state index is 13.0. The predicted octanol–water partition coefficient (Wildman–Crippen LogP) is 3.12. The van der Waals surface area contributed by atoms with E-state index < -0.39 is 5.92 Å². The van der Waals surface area contributed by atoms with Crippen LogP contribution >= 0.6 is 0 Å². The third kappa shape index (κ3) is 3.35. The van der Waals surface area contributed by atoms with Crippen LogP contribution in [0.4, 0.5) is 8.78 Å². The van der Waals surface area contributed by atoms with E-state index in [1.54, 1.807) is 12.1 Å². The van der Waals surface area contributed by atoms with Gasteiger partial charge in [0.25, 0.3) is 5.92 Å². The van der Waals surface area contributed by atoms with Crippen molar-refractivity contribution in [2.24, 2.45) is 0 Å². The van der Waals surface area contributed by atoms with E-state index >= 15 is 0 Å². The Morgan fingerprint density at radius 3 is 2.28 bits per heavy atom. The Hall–Kier alpha value is -1.29. The quantitative estimate of drug-likeness (QED) is 0.771. The van der Waals surface area contributed by atoms with Gasteiger partial charge in [-0.3, -0.25) is 9.69 Å². The number of carbonyl (C=O) groups is 1. The zero-order valence-electron chi connectivity index (χ0n) is 10.5. The Labute approximate surface area is 106 Å². The Morgan fingerprint density at radius 1 is 1.22 bits per heavy atom. The van der Waals surface area contributed by atoms with Crippen LogP contribution in [0.1, 0.15) is 35.7 Å². The monoisotopic (exact) mass is 253 g/mol. The average Bonchev–Trinajstić information content (AvgIpc) is 2.33. The molecule has 1 aliphatic heterocycles. The Kier molecular flexibility index (Phi) is 3.76. The van der Waals surface area contributed by atoms with E-state index in [1.807, 2.05) is 17.0 Å². The summed E-state index contributed by atoms with van der Waals surface area (Å²) in [5.41, 5.74) is 1.74. The van der Waals surface area contributed by atoms with Crippen molar-refractivity contribution in [3.63, 3.8) is 0 Å². The number of hydrogen-bond donors (Lipinski definition) is 0. The first-order chi connectivity index (χ1) is 8.46. The van der Waals surface area contributed by atoms with Crippen LogP contribution in [0.15, 0.2) is 24.3 Å². The van der Waals surface area contributed by atoms with Gasteiger partial charge in [-0.2, -0.15) is 0 Å². The molecule has 0 atom stereocenters. The zero-order chi connectivity index (χ0) is 13.2. The lowest BCUT2D eigenvalue weighted by molar-refractivity contribution is -0.0566. The molecule has 1 fully saturated rings. The van der Waals surface area contributed by atoms with Gasteiger partial charge in [-0.25, -0.2) is 8.78 Å². The molecule has 0 bridgehead atoms.